The summed E-state index contributed by atoms with van der Waals surface area (Å²) in [6, 6.07) is 4.84. The molecular weight excluding hydrogens is 386 g/mol. The first-order chi connectivity index (χ1) is 12.5. The Hall–Kier alpha value is -1.91. The van der Waals surface area contributed by atoms with Gasteiger partial charge in [0.15, 0.2) is 5.16 Å². The van der Waals surface area contributed by atoms with Gasteiger partial charge >= 0.3 is 0 Å². The van der Waals surface area contributed by atoms with Gasteiger partial charge in [0.25, 0.3) is 0 Å². The lowest BCUT2D eigenvalue weighted by molar-refractivity contribution is -0.113. The largest absolute Gasteiger partial charge is 0.325 e. The van der Waals surface area contributed by atoms with E-state index in [1.54, 1.807) is 19.1 Å². The fourth-order valence-corrected chi connectivity index (χ4v) is 4.30. The minimum absolute atomic E-state index is 0.147. The van der Waals surface area contributed by atoms with E-state index in [0.717, 1.165) is 10.1 Å². The summed E-state index contributed by atoms with van der Waals surface area (Å²) in [5.41, 5.74) is 1.06. The Kier molecular flexibility index (Phi) is 6.66. The molecule has 1 aromatic heterocycles. The first kappa shape index (κ1) is 21.4. The van der Waals surface area contributed by atoms with Gasteiger partial charge in [0.1, 0.15) is 5.82 Å². The standard InChI is InChI=1S/C17H25N5O3S2/c1-11(2)16-19-20-17(22(16)6)26-10-15(23)18-13-8-7-12(3)14(9-13)27(24,25)21(4)5/h7-9,11H,10H2,1-6H3,(H,18,23). The number of carbonyl (C=O) groups excluding carboxylic acids is 1. The lowest BCUT2D eigenvalue weighted by Gasteiger charge is -2.15. The van der Waals surface area contributed by atoms with Crippen molar-refractivity contribution in [2.24, 2.45) is 7.05 Å². The van der Waals surface area contributed by atoms with Crippen molar-refractivity contribution in [1.82, 2.24) is 19.1 Å². The molecule has 148 valence electrons. The predicted molar refractivity (Wildman–Crippen MR) is 106 cm³/mol. The summed E-state index contributed by atoms with van der Waals surface area (Å²) in [5.74, 6) is 1.00. The molecule has 0 atom stereocenters. The van der Waals surface area contributed by atoms with Crippen molar-refractivity contribution in [2.75, 3.05) is 25.2 Å². The van der Waals surface area contributed by atoms with Crippen molar-refractivity contribution >= 4 is 33.4 Å². The molecule has 0 aliphatic heterocycles. The van der Waals surface area contributed by atoms with Crippen LogP contribution in [0.5, 0.6) is 0 Å². The summed E-state index contributed by atoms with van der Waals surface area (Å²) < 4.78 is 27.8. The minimum atomic E-state index is -3.58. The number of hydrogen-bond acceptors (Lipinski definition) is 6. The summed E-state index contributed by atoms with van der Waals surface area (Å²) in [4.78, 5) is 12.4. The van der Waals surface area contributed by atoms with Gasteiger partial charge in [-0.3, -0.25) is 4.79 Å². The fraction of sp³-hybridized carbons (Fsp3) is 0.471. The first-order valence-electron chi connectivity index (χ1n) is 8.39. The lowest BCUT2D eigenvalue weighted by atomic mass is 10.2. The molecular formula is C17H25N5O3S2. The number of carbonyl (C=O) groups is 1. The number of hydrogen-bond donors (Lipinski definition) is 1. The monoisotopic (exact) mass is 411 g/mol. The van der Waals surface area contributed by atoms with Crippen molar-refractivity contribution in [2.45, 2.75) is 36.7 Å². The maximum absolute atomic E-state index is 12.4. The molecule has 2 aromatic rings. The molecule has 1 aromatic carbocycles. The van der Waals surface area contributed by atoms with Crippen LogP contribution in [0.15, 0.2) is 28.3 Å². The van der Waals surface area contributed by atoms with E-state index in [4.69, 9.17) is 0 Å². The van der Waals surface area contributed by atoms with Gasteiger partial charge in [-0.25, -0.2) is 12.7 Å². The number of aromatic nitrogens is 3. The zero-order valence-corrected chi connectivity index (χ0v) is 18.0. The van der Waals surface area contributed by atoms with Gasteiger partial charge in [-0.05, 0) is 24.6 Å². The van der Waals surface area contributed by atoms with Gasteiger partial charge in [0.05, 0.1) is 10.6 Å². The average Bonchev–Trinajstić information content (AvgIpc) is 2.95. The Balaban J connectivity index is 2.08. The summed E-state index contributed by atoms with van der Waals surface area (Å²) in [7, 11) is 1.24. The zero-order chi connectivity index (χ0) is 20.4. The predicted octanol–water partition coefficient (Wildman–Crippen LogP) is 2.23. The summed E-state index contributed by atoms with van der Waals surface area (Å²) >= 11 is 1.28. The highest BCUT2D eigenvalue weighted by molar-refractivity contribution is 7.99. The van der Waals surface area contributed by atoms with Crippen molar-refractivity contribution in [3.05, 3.63) is 29.6 Å². The molecule has 1 amide bonds. The number of thioether (sulfide) groups is 1. The second-order valence-electron chi connectivity index (χ2n) is 6.66. The molecule has 0 fully saturated rings. The van der Waals surface area contributed by atoms with Crippen LogP contribution in [0, 0.1) is 6.92 Å². The second-order valence-corrected chi connectivity index (χ2v) is 9.72. The van der Waals surface area contributed by atoms with Crippen molar-refractivity contribution < 1.29 is 13.2 Å². The van der Waals surface area contributed by atoms with Gasteiger partial charge in [-0.2, -0.15) is 0 Å². The van der Waals surface area contributed by atoms with Crippen LogP contribution in [0.4, 0.5) is 5.69 Å². The summed E-state index contributed by atoms with van der Waals surface area (Å²) in [6.07, 6.45) is 0. The molecule has 27 heavy (non-hydrogen) atoms. The lowest BCUT2D eigenvalue weighted by Crippen LogP contribution is -2.23. The zero-order valence-electron chi connectivity index (χ0n) is 16.3. The SMILES string of the molecule is Cc1ccc(NC(=O)CSc2nnc(C(C)C)n2C)cc1S(=O)(=O)N(C)C. The van der Waals surface area contributed by atoms with E-state index >= 15 is 0 Å². The van der Waals surface area contributed by atoms with Crippen LogP contribution in [0.25, 0.3) is 0 Å². The number of anilines is 1. The number of amides is 1. The van der Waals surface area contributed by atoms with Crippen molar-refractivity contribution in [1.29, 1.82) is 0 Å². The van der Waals surface area contributed by atoms with Gasteiger partial charge < -0.3 is 9.88 Å². The first-order valence-corrected chi connectivity index (χ1v) is 10.8. The number of sulfonamides is 1. The van der Waals surface area contributed by atoms with Crippen LogP contribution in [-0.4, -0.2) is 53.2 Å². The Morgan fingerprint density at radius 3 is 2.52 bits per heavy atom. The number of benzene rings is 1. The molecule has 0 unspecified atom stereocenters. The van der Waals surface area contributed by atoms with Crippen molar-refractivity contribution in [3.8, 4) is 0 Å². The van der Waals surface area contributed by atoms with Gasteiger partial charge in [0.2, 0.25) is 15.9 Å². The fourth-order valence-electron chi connectivity index (χ4n) is 2.43. The smallest absolute Gasteiger partial charge is 0.242 e. The van der Waals surface area contributed by atoms with E-state index in [1.807, 2.05) is 25.5 Å². The Labute approximate surface area is 164 Å². The molecule has 0 saturated heterocycles. The molecule has 1 N–H and O–H groups in total. The highest BCUT2D eigenvalue weighted by Crippen LogP contribution is 2.23. The molecule has 10 heteroatoms. The van der Waals surface area contributed by atoms with E-state index in [0.29, 0.717) is 16.4 Å². The quantitative estimate of drug-likeness (QED) is 0.702. The third-order valence-corrected chi connectivity index (χ3v) is 6.93. The van der Waals surface area contributed by atoms with Crippen LogP contribution < -0.4 is 5.32 Å². The average molecular weight is 412 g/mol. The minimum Gasteiger partial charge on any atom is -0.325 e. The molecule has 0 aliphatic rings. The van der Waals surface area contributed by atoms with Gasteiger partial charge in [-0.1, -0.05) is 31.7 Å². The molecule has 0 spiro atoms. The number of nitrogens with zero attached hydrogens (tertiary/aromatic N) is 4. The number of aryl methyl sites for hydroxylation is 1. The molecule has 2 rings (SSSR count). The summed E-state index contributed by atoms with van der Waals surface area (Å²) in [6.45, 7) is 5.78. The maximum Gasteiger partial charge on any atom is 0.242 e. The topological polar surface area (TPSA) is 97.2 Å². The number of nitrogens with one attached hydrogen (secondary N) is 1. The molecule has 0 saturated carbocycles. The van der Waals surface area contributed by atoms with Crippen LogP contribution in [0.2, 0.25) is 0 Å². The van der Waals surface area contributed by atoms with Crippen LogP contribution >= 0.6 is 11.8 Å². The molecule has 0 bridgehead atoms. The molecule has 8 nitrogen and oxygen atoms in total. The van der Waals surface area contributed by atoms with Crippen LogP contribution in [0.3, 0.4) is 0 Å². The third-order valence-electron chi connectivity index (χ3n) is 3.95. The highest BCUT2D eigenvalue weighted by Gasteiger charge is 2.20. The normalized spacial score (nSPS) is 12.0. The van der Waals surface area contributed by atoms with E-state index in [9.17, 15) is 13.2 Å². The van der Waals surface area contributed by atoms with Gasteiger partial charge in [0, 0.05) is 32.7 Å². The van der Waals surface area contributed by atoms with E-state index in [1.165, 1.54) is 31.9 Å². The molecule has 0 aliphatic carbocycles. The Bertz CT molecular complexity index is 936. The maximum atomic E-state index is 12.4. The van der Waals surface area contributed by atoms with Crippen LogP contribution in [0.1, 0.15) is 31.2 Å². The number of rotatable bonds is 7. The van der Waals surface area contributed by atoms with Crippen LogP contribution in [-0.2, 0) is 21.9 Å². The second kappa shape index (κ2) is 8.41. The highest BCUT2D eigenvalue weighted by atomic mass is 32.2. The van der Waals surface area contributed by atoms with Crippen molar-refractivity contribution in [3.63, 3.8) is 0 Å². The van der Waals surface area contributed by atoms with E-state index in [-0.39, 0.29) is 22.5 Å². The molecule has 1 heterocycles. The summed E-state index contributed by atoms with van der Waals surface area (Å²) in [5, 5.41) is 11.6. The Morgan fingerprint density at radius 2 is 1.96 bits per heavy atom. The van der Waals surface area contributed by atoms with E-state index in [2.05, 4.69) is 15.5 Å². The van der Waals surface area contributed by atoms with Gasteiger partial charge in [-0.15, -0.1) is 10.2 Å². The molecule has 0 radical (unpaired) electrons. The third kappa shape index (κ3) is 4.88. The van der Waals surface area contributed by atoms with E-state index < -0.39 is 10.0 Å². The Morgan fingerprint density at radius 1 is 1.30 bits per heavy atom.